The molecule has 1 aliphatic rings. The molecule has 0 unspecified atom stereocenters. The molecule has 0 radical (unpaired) electrons. The van der Waals surface area contributed by atoms with Crippen molar-refractivity contribution in [3.63, 3.8) is 0 Å². The highest BCUT2D eigenvalue weighted by molar-refractivity contribution is 6.12. The van der Waals surface area contributed by atoms with Crippen LogP contribution in [0.1, 0.15) is 45.4 Å². The van der Waals surface area contributed by atoms with E-state index in [9.17, 15) is 19.2 Å². The molecule has 1 fully saturated rings. The van der Waals surface area contributed by atoms with Gasteiger partial charge in [-0.1, -0.05) is 6.42 Å². The second-order valence-electron chi connectivity index (χ2n) is 4.60. The SMILES string of the molecule is CC(=O)NCCCCCC(=O)OC1C(=O)CCC1=O. The third-order valence-electron chi connectivity index (χ3n) is 2.88. The van der Waals surface area contributed by atoms with Crippen molar-refractivity contribution in [2.24, 2.45) is 0 Å². The Balaban J connectivity index is 2.10. The number of Topliss-reactive ketones (excluding diaryl/α,β-unsaturated/α-hetero) is 2. The fourth-order valence-corrected chi connectivity index (χ4v) is 1.85. The maximum Gasteiger partial charge on any atom is 0.306 e. The molecule has 1 aliphatic carbocycles. The number of esters is 1. The van der Waals surface area contributed by atoms with Gasteiger partial charge in [0.15, 0.2) is 11.6 Å². The van der Waals surface area contributed by atoms with Crippen molar-refractivity contribution in [2.45, 2.75) is 51.6 Å². The average Bonchev–Trinajstić information content (AvgIpc) is 2.65. The van der Waals surface area contributed by atoms with E-state index in [4.69, 9.17) is 4.74 Å². The normalized spacial score (nSPS) is 15.6. The lowest BCUT2D eigenvalue weighted by atomic mass is 10.2. The van der Waals surface area contributed by atoms with Gasteiger partial charge in [-0.2, -0.15) is 0 Å². The van der Waals surface area contributed by atoms with E-state index in [1.807, 2.05) is 0 Å². The number of nitrogens with one attached hydrogen (secondary N) is 1. The highest BCUT2D eigenvalue weighted by atomic mass is 16.5. The molecule has 0 atom stereocenters. The van der Waals surface area contributed by atoms with E-state index in [2.05, 4.69) is 5.32 Å². The van der Waals surface area contributed by atoms with Crippen LogP contribution in [0.3, 0.4) is 0 Å². The number of ether oxygens (including phenoxy) is 1. The number of hydrogen-bond acceptors (Lipinski definition) is 5. The maximum absolute atomic E-state index is 11.4. The molecule has 6 heteroatoms. The summed E-state index contributed by atoms with van der Waals surface area (Å²) in [6.07, 6.45) is 1.56. The predicted molar refractivity (Wildman–Crippen MR) is 66.3 cm³/mol. The molecular formula is C13H19NO5. The Bertz CT molecular complexity index is 361. The molecule has 0 aromatic rings. The monoisotopic (exact) mass is 269 g/mol. The second kappa shape index (κ2) is 7.66. The molecule has 0 aromatic heterocycles. The lowest BCUT2D eigenvalue weighted by molar-refractivity contribution is -0.157. The molecule has 0 bridgehead atoms. The van der Waals surface area contributed by atoms with Crippen molar-refractivity contribution < 1.29 is 23.9 Å². The first-order chi connectivity index (χ1) is 9.00. The van der Waals surface area contributed by atoms with E-state index in [0.29, 0.717) is 13.0 Å². The lowest BCUT2D eigenvalue weighted by Crippen LogP contribution is -2.28. The standard InChI is InChI=1S/C13H19NO5/c1-9(15)14-8-4-2-3-5-12(18)19-13-10(16)6-7-11(13)17/h13H,2-8H2,1H3,(H,14,15). The molecule has 106 valence electrons. The van der Waals surface area contributed by atoms with Gasteiger partial charge >= 0.3 is 5.97 Å². The van der Waals surface area contributed by atoms with E-state index < -0.39 is 12.1 Å². The van der Waals surface area contributed by atoms with E-state index in [1.165, 1.54) is 6.92 Å². The van der Waals surface area contributed by atoms with Gasteiger partial charge in [0.2, 0.25) is 12.0 Å². The number of carbonyl (C=O) groups excluding carboxylic acids is 4. The highest BCUT2D eigenvalue weighted by Gasteiger charge is 2.35. The van der Waals surface area contributed by atoms with Crippen LogP contribution in [0, 0.1) is 0 Å². The zero-order valence-electron chi connectivity index (χ0n) is 11.1. The first kappa shape index (κ1) is 15.3. The average molecular weight is 269 g/mol. The summed E-state index contributed by atoms with van der Waals surface area (Å²) in [6.45, 7) is 2.04. The third-order valence-corrected chi connectivity index (χ3v) is 2.88. The van der Waals surface area contributed by atoms with Crippen molar-refractivity contribution in [2.75, 3.05) is 6.54 Å². The van der Waals surface area contributed by atoms with Gasteiger partial charge < -0.3 is 10.1 Å². The van der Waals surface area contributed by atoms with Gasteiger partial charge in [-0.15, -0.1) is 0 Å². The molecule has 0 heterocycles. The number of rotatable bonds is 7. The molecular weight excluding hydrogens is 250 g/mol. The van der Waals surface area contributed by atoms with E-state index in [1.54, 1.807) is 0 Å². The van der Waals surface area contributed by atoms with Crippen LogP contribution >= 0.6 is 0 Å². The highest BCUT2D eigenvalue weighted by Crippen LogP contribution is 2.15. The molecule has 0 saturated heterocycles. The van der Waals surface area contributed by atoms with Gasteiger partial charge in [0.05, 0.1) is 0 Å². The summed E-state index contributed by atoms with van der Waals surface area (Å²) in [5.41, 5.74) is 0. The first-order valence-electron chi connectivity index (χ1n) is 6.50. The summed E-state index contributed by atoms with van der Waals surface area (Å²) < 4.78 is 4.87. The Kier molecular flexibility index (Phi) is 6.18. The summed E-state index contributed by atoms with van der Waals surface area (Å²) in [5, 5.41) is 2.66. The van der Waals surface area contributed by atoms with Gasteiger partial charge in [-0.3, -0.25) is 19.2 Å². The second-order valence-corrected chi connectivity index (χ2v) is 4.60. The van der Waals surface area contributed by atoms with Gasteiger partial charge in [-0.25, -0.2) is 0 Å². The Hall–Kier alpha value is -1.72. The van der Waals surface area contributed by atoms with E-state index in [-0.39, 0.29) is 36.7 Å². The minimum Gasteiger partial charge on any atom is -0.446 e. The third kappa shape index (κ3) is 5.63. The van der Waals surface area contributed by atoms with Crippen molar-refractivity contribution in [3.05, 3.63) is 0 Å². The van der Waals surface area contributed by atoms with Crippen molar-refractivity contribution in [1.82, 2.24) is 5.32 Å². The largest absolute Gasteiger partial charge is 0.446 e. The van der Waals surface area contributed by atoms with Gasteiger partial charge in [0.1, 0.15) is 0 Å². The quantitative estimate of drug-likeness (QED) is 0.413. The number of amides is 1. The summed E-state index contributed by atoms with van der Waals surface area (Å²) in [5.74, 6) is -1.18. The topological polar surface area (TPSA) is 89.5 Å². The molecule has 19 heavy (non-hydrogen) atoms. The molecule has 0 aromatic carbocycles. The molecule has 0 aliphatic heterocycles. The van der Waals surface area contributed by atoms with Crippen LogP contribution in [-0.2, 0) is 23.9 Å². The van der Waals surface area contributed by atoms with Gasteiger partial charge in [-0.05, 0) is 12.8 Å². The van der Waals surface area contributed by atoms with Gasteiger partial charge in [0, 0.05) is 32.7 Å². The van der Waals surface area contributed by atoms with Crippen LogP contribution in [0.15, 0.2) is 0 Å². The fourth-order valence-electron chi connectivity index (χ4n) is 1.85. The molecule has 1 saturated carbocycles. The van der Waals surface area contributed by atoms with Crippen LogP contribution in [0.25, 0.3) is 0 Å². The van der Waals surface area contributed by atoms with Crippen molar-refractivity contribution in [1.29, 1.82) is 0 Å². The Morgan fingerprint density at radius 3 is 2.37 bits per heavy atom. The summed E-state index contributed by atoms with van der Waals surface area (Å²) in [7, 11) is 0. The van der Waals surface area contributed by atoms with Crippen molar-refractivity contribution in [3.8, 4) is 0 Å². The minimum absolute atomic E-state index is 0.0716. The number of carbonyl (C=O) groups is 4. The summed E-state index contributed by atoms with van der Waals surface area (Å²) in [6, 6.07) is 0. The summed E-state index contributed by atoms with van der Waals surface area (Å²) >= 11 is 0. The van der Waals surface area contributed by atoms with Crippen molar-refractivity contribution >= 4 is 23.4 Å². The number of unbranched alkanes of at least 4 members (excludes halogenated alkanes) is 2. The van der Waals surface area contributed by atoms with Crippen LogP contribution in [0.2, 0.25) is 0 Å². The van der Waals surface area contributed by atoms with Gasteiger partial charge in [0.25, 0.3) is 0 Å². The lowest BCUT2D eigenvalue weighted by Gasteiger charge is -2.09. The zero-order chi connectivity index (χ0) is 14.3. The minimum atomic E-state index is -1.16. The molecule has 1 amide bonds. The number of hydrogen-bond donors (Lipinski definition) is 1. The molecule has 1 N–H and O–H groups in total. The maximum atomic E-state index is 11.4. The van der Waals surface area contributed by atoms with Crippen LogP contribution in [-0.4, -0.2) is 36.1 Å². The van der Waals surface area contributed by atoms with E-state index >= 15 is 0 Å². The molecule has 6 nitrogen and oxygen atoms in total. The van der Waals surface area contributed by atoms with Crippen LogP contribution in [0.5, 0.6) is 0 Å². The first-order valence-corrected chi connectivity index (χ1v) is 6.50. The van der Waals surface area contributed by atoms with Crippen LogP contribution in [0.4, 0.5) is 0 Å². The van der Waals surface area contributed by atoms with E-state index in [0.717, 1.165) is 12.8 Å². The predicted octanol–water partition coefficient (Wildman–Crippen LogP) is 0.527. The zero-order valence-corrected chi connectivity index (χ0v) is 11.1. The Morgan fingerprint density at radius 2 is 1.79 bits per heavy atom. The number of ketones is 2. The molecule has 1 rings (SSSR count). The Morgan fingerprint density at radius 1 is 1.16 bits per heavy atom. The van der Waals surface area contributed by atoms with Crippen LogP contribution < -0.4 is 5.32 Å². The smallest absolute Gasteiger partial charge is 0.306 e. The summed E-state index contributed by atoms with van der Waals surface area (Å²) in [4.78, 5) is 44.5. The fraction of sp³-hybridized carbons (Fsp3) is 0.692. The molecule has 0 spiro atoms. The Labute approximate surface area is 111 Å².